The molecule has 0 saturated carbocycles. The largest absolute Gasteiger partial charge is 0.298 e. The van der Waals surface area contributed by atoms with E-state index >= 15 is 0 Å². The predicted octanol–water partition coefficient (Wildman–Crippen LogP) is 4.62. The van der Waals surface area contributed by atoms with Crippen LogP contribution in [0.15, 0.2) is 46.9 Å². The van der Waals surface area contributed by atoms with Gasteiger partial charge in [0.2, 0.25) is 0 Å². The van der Waals surface area contributed by atoms with E-state index < -0.39 is 0 Å². The highest BCUT2D eigenvalue weighted by Crippen LogP contribution is 2.28. The zero-order valence-electron chi connectivity index (χ0n) is 10.7. The molecular weight excluding hydrogens is 336 g/mol. The molecule has 0 radical (unpaired) electrons. The summed E-state index contributed by atoms with van der Waals surface area (Å²) in [5.41, 5.74) is 2.66. The second-order valence-electron chi connectivity index (χ2n) is 4.37. The fraction of sp³-hybridized carbons (Fsp3) is 0.0667. The minimum absolute atomic E-state index is 0.158. The van der Waals surface area contributed by atoms with Crippen molar-refractivity contribution in [3.05, 3.63) is 58.1 Å². The molecule has 1 heterocycles. The summed E-state index contributed by atoms with van der Waals surface area (Å²) in [7, 11) is 0. The van der Waals surface area contributed by atoms with Gasteiger partial charge in [-0.2, -0.15) is 0 Å². The number of nitrogens with one attached hydrogen (secondary N) is 1. The lowest BCUT2D eigenvalue weighted by atomic mass is 10.2. The Hall–Kier alpha value is -1.72. The quantitative estimate of drug-likeness (QED) is 0.735. The SMILES string of the molecule is Cc1cccc2sc(NC(=O)c3ccccc3Br)nc12. The molecule has 0 aliphatic heterocycles. The first kappa shape index (κ1) is 13.3. The Morgan fingerprint density at radius 2 is 2.00 bits per heavy atom. The topological polar surface area (TPSA) is 42.0 Å². The van der Waals surface area contributed by atoms with Crippen LogP contribution in [0.2, 0.25) is 0 Å². The van der Waals surface area contributed by atoms with E-state index in [1.54, 1.807) is 6.07 Å². The van der Waals surface area contributed by atoms with Gasteiger partial charge >= 0.3 is 0 Å². The smallest absolute Gasteiger partial charge is 0.258 e. The van der Waals surface area contributed by atoms with Crippen molar-refractivity contribution >= 4 is 48.5 Å². The van der Waals surface area contributed by atoms with Gasteiger partial charge in [-0.25, -0.2) is 4.98 Å². The van der Waals surface area contributed by atoms with Crippen molar-refractivity contribution in [1.82, 2.24) is 4.98 Å². The lowest BCUT2D eigenvalue weighted by Crippen LogP contribution is -2.12. The third-order valence-corrected chi connectivity index (χ3v) is 4.59. The molecule has 0 spiro atoms. The summed E-state index contributed by atoms with van der Waals surface area (Å²) in [5.74, 6) is -0.158. The third-order valence-electron chi connectivity index (χ3n) is 2.96. The normalized spacial score (nSPS) is 10.7. The van der Waals surface area contributed by atoms with Gasteiger partial charge in [-0.3, -0.25) is 10.1 Å². The second kappa shape index (κ2) is 5.34. The average Bonchev–Trinajstić information content (AvgIpc) is 2.83. The van der Waals surface area contributed by atoms with E-state index in [2.05, 4.69) is 26.2 Å². The lowest BCUT2D eigenvalue weighted by Gasteiger charge is -2.03. The molecule has 5 heteroatoms. The van der Waals surface area contributed by atoms with Gasteiger partial charge in [0.1, 0.15) is 0 Å². The highest BCUT2D eigenvalue weighted by atomic mass is 79.9. The van der Waals surface area contributed by atoms with E-state index in [0.717, 1.165) is 20.3 Å². The summed E-state index contributed by atoms with van der Waals surface area (Å²) in [5, 5.41) is 3.47. The van der Waals surface area contributed by atoms with Gasteiger partial charge in [0.25, 0.3) is 5.91 Å². The summed E-state index contributed by atoms with van der Waals surface area (Å²) in [6, 6.07) is 13.4. The van der Waals surface area contributed by atoms with E-state index in [-0.39, 0.29) is 5.91 Å². The highest BCUT2D eigenvalue weighted by Gasteiger charge is 2.12. The van der Waals surface area contributed by atoms with Crippen LogP contribution in [0.3, 0.4) is 0 Å². The lowest BCUT2D eigenvalue weighted by molar-refractivity contribution is 0.102. The Balaban J connectivity index is 1.92. The van der Waals surface area contributed by atoms with Crippen LogP contribution in [-0.4, -0.2) is 10.9 Å². The summed E-state index contributed by atoms with van der Waals surface area (Å²) in [6.07, 6.45) is 0. The van der Waals surface area contributed by atoms with Gasteiger partial charge in [0.15, 0.2) is 5.13 Å². The van der Waals surface area contributed by atoms with Crippen molar-refractivity contribution in [3.63, 3.8) is 0 Å². The molecule has 1 amide bonds. The number of hydrogen-bond donors (Lipinski definition) is 1. The molecule has 0 atom stereocenters. The number of nitrogens with zero attached hydrogens (tertiary/aromatic N) is 1. The average molecular weight is 347 g/mol. The second-order valence-corrected chi connectivity index (χ2v) is 6.26. The number of carbonyl (C=O) groups excluding carboxylic acids is 1. The summed E-state index contributed by atoms with van der Waals surface area (Å²) >= 11 is 4.86. The summed E-state index contributed by atoms with van der Waals surface area (Å²) in [6.45, 7) is 2.02. The van der Waals surface area contributed by atoms with Crippen LogP contribution < -0.4 is 5.32 Å². The van der Waals surface area contributed by atoms with Gasteiger partial charge in [-0.1, -0.05) is 35.6 Å². The number of fused-ring (bicyclic) bond motifs is 1. The molecule has 20 heavy (non-hydrogen) atoms. The van der Waals surface area contributed by atoms with Crippen molar-refractivity contribution in [1.29, 1.82) is 0 Å². The van der Waals surface area contributed by atoms with Gasteiger partial charge in [-0.15, -0.1) is 0 Å². The Bertz CT molecular complexity index is 797. The molecule has 1 N–H and O–H groups in total. The van der Waals surface area contributed by atoms with Gasteiger partial charge in [0, 0.05) is 4.47 Å². The number of halogens is 1. The molecule has 3 rings (SSSR count). The van der Waals surface area contributed by atoms with E-state index in [4.69, 9.17) is 0 Å². The van der Waals surface area contributed by atoms with E-state index in [1.807, 2.05) is 43.3 Å². The summed E-state index contributed by atoms with van der Waals surface area (Å²) < 4.78 is 1.85. The maximum Gasteiger partial charge on any atom is 0.258 e. The zero-order valence-corrected chi connectivity index (χ0v) is 13.1. The third kappa shape index (κ3) is 2.46. The van der Waals surface area contributed by atoms with Crippen LogP contribution in [-0.2, 0) is 0 Å². The van der Waals surface area contributed by atoms with Crippen molar-refractivity contribution in [2.75, 3.05) is 5.32 Å². The van der Waals surface area contributed by atoms with Crippen molar-refractivity contribution in [3.8, 4) is 0 Å². The first-order valence-electron chi connectivity index (χ1n) is 6.07. The van der Waals surface area contributed by atoms with Crippen molar-refractivity contribution in [2.24, 2.45) is 0 Å². The van der Waals surface area contributed by atoms with Crippen molar-refractivity contribution < 1.29 is 4.79 Å². The van der Waals surface area contributed by atoms with Gasteiger partial charge in [0.05, 0.1) is 15.8 Å². The number of para-hydroxylation sites is 1. The van der Waals surface area contributed by atoms with E-state index in [9.17, 15) is 4.79 Å². The fourth-order valence-electron chi connectivity index (χ4n) is 1.95. The number of benzene rings is 2. The minimum Gasteiger partial charge on any atom is -0.298 e. The van der Waals surface area contributed by atoms with E-state index in [0.29, 0.717) is 10.7 Å². The number of aromatic nitrogens is 1. The van der Waals surface area contributed by atoms with Crippen LogP contribution in [0.1, 0.15) is 15.9 Å². The first-order valence-corrected chi connectivity index (χ1v) is 7.68. The van der Waals surface area contributed by atoms with Crippen LogP contribution in [0.4, 0.5) is 5.13 Å². The number of hydrogen-bond acceptors (Lipinski definition) is 3. The minimum atomic E-state index is -0.158. The number of aryl methyl sites for hydroxylation is 1. The molecule has 0 aliphatic carbocycles. The van der Waals surface area contributed by atoms with Crippen LogP contribution in [0, 0.1) is 6.92 Å². The standard InChI is InChI=1S/C15H11BrN2OS/c1-9-5-4-8-12-13(9)17-15(20-12)18-14(19)10-6-2-3-7-11(10)16/h2-8H,1H3,(H,17,18,19). The monoisotopic (exact) mass is 346 g/mol. The Labute approximate surface area is 128 Å². The number of amides is 1. The number of thiazole rings is 1. The maximum atomic E-state index is 12.2. The van der Waals surface area contributed by atoms with Gasteiger partial charge in [-0.05, 0) is 46.6 Å². The molecule has 2 aromatic carbocycles. The number of rotatable bonds is 2. The zero-order chi connectivity index (χ0) is 14.1. The summed E-state index contributed by atoms with van der Waals surface area (Å²) in [4.78, 5) is 16.7. The Morgan fingerprint density at radius 3 is 2.75 bits per heavy atom. The molecule has 3 nitrogen and oxygen atoms in total. The maximum absolute atomic E-state index is 12.2. The van der Waals surface area contributed by atoms with Crippen LogP contribution >= 0.6 is 27.3 Å². The van der Waals surface area contributed by atoms with E-state index in [1.165, 1.54) is 11.3 Å². The molecule has 1 aromatic heterocycles. The van der Waals surface area contributed by atoms with Gasteiger partial charge < -0.3 is 0 Å². The molecule has 0 aliphatic rings. The molecular formula is C15H11BrN2OS. The molecule has 0 unspecified atom stereocenters. The number of anilines is 1. The predicted molar refractivity (Wildman–Crippen MR) is 86.5 cm³/mol. The fourth-order valence-corrected chi connectivity index (χ4v) is 3.35. The molecule has 0 fully saturated rings. The Kier molecular flexibility index (Phi) is 3.54. The molecule has 0 saturated heterocycles. The van der Waals surface area contributed by atoms with Crippen molar-refractivity contribution in [2.45, 2.75) is 6.92 Å². The highest BCUT2D eigenvalue weighted by molar-refractivity contribution is 9.10. The van der Waals surface area contributed by atoms with Crippen LogP contribution in [0.5, 0.6) is 0 Å². The first-order chi connectivity index (χ1) is 9.65. The Morgan fingerprint density at radius 1 is 1.20 bits per heavy atom. The molecule has 0 bridgehead atoms. The molecule has 100 valence electrons. The van der Waals surface area contributed by atoms with Crippen LogP contribution in [0.25, 0.3) is 10.2 Å². The molecule has 3 aromatic rings. The number of carbonyl (C=O) groups is 1.